The molecule has 19 heavy (non-hydrogen) atoms. The van der Waals surface area contributed by atoms with Crippen LogP contribution in [0, 0.1) is 10.7 Å². The predicted molar refractivity (Wildman–Crippen MR) is 80.9 cm³/mol. The van der Waals surface area contributed by atoms with E-state index in [-0.39, 0.29) is 0 Å². The van der Waals surface area contributed by atoms with Crippen LogP contribution >= 0.6 is 23.1 Å². The van der Waals surface area contributed by atoms with Crippen LogP contribution in [0.25, 0.3) is 20.8 Å². The first-order valence-electron chi connectivity index (χ1n) is 5.59. The molecule has 2 aromatic carbocycles. The summed E-state index contributed by atoms with van der Waals surface area (Å²) in [4.78, 5) is 5.38. The minimum Gasteiger partial charge on any atom is -0.398 e. The Labute approximate surface area is 118 Å². The smallest absolute Gasteiger partial charge is 0.138 e. The van der Waals surface area contributed by atoms with Crippen LogP contribution in [0.5, 0.6) is 0 Å². The van der Waals surface area contributed by atoms with E-state index in [4.69, 9.17) is 11.0 Å². The van der Waals surface area contributed by atoms with E-state index in [1.54, 1.807) is 11.3 Å². The number of hydrogen-bond acceptors (Lipinski definition) is 5. The van der Waals surface area contributed by atoms with Gasteiger partial charge in [-0.1, -0.05) is 12.1 Å². The highest BCUT2D eigenvalue weighted by atomic mass is 32.2. The Morgan fingerprint density at radius 2 is 2.05 bits per heavy atom. The van der Waals surface area contributed by atoms with Crippen molar-refractivity contribution >= 4 is 39.0 Å². The van der Waals surface area contributed by atoms with Crippen molar-refractivity contribution in [2.45, 2.75) is 4.90 Å². The number of anilines is 1. The minimum atomic E-state index is 0.622. The quantitative estimate of drug-likeness (QED) is 0.436. The molecule has 0 atom stereocenters. The van der Waals surface area contributed by atoms with Crippen molar-refractivity contribution in [3.63, 3.8) is 0 Å². The number of nitriles is 1. The van der Waals surface area contributed by atoms with E-state index in [0.29, 0.717) is 5.69 Å². The molecule has 0 fully saturated rings. The number of nitrogens with zero attached hydrogens (tertiary/aromatic N) is 2. The summed E-state index contributed by atoms with van der Waals surface area (Å²) >= 11 is 2.71. The Balaban J connectivity index is 2.11. The van der Waals surface area contributed by atoms with E-state index in [0.717, 1.165) is 37.4 Å². The first-order chi connectivity index (χ1) is 9.28. The van der Waals surface area contributed by atoms with Gasteiger partial charge in [0.1, 0.15) is 10.4 Å². The lowest BCUT2D eigenvalue weighted by atomic mass is 10.2. The van der Waals surface area contributed by atoms with Crippen LogP contribution in [0.3, 0.4) is 0 Å². The fourth-order valence-electron chi connectivity index (χ4n) is 1.80. The number of thioether (sulfide) groups is 1. The maximum atomic E-state index is 8.76. The molecule has 3 aromatic rings. The molecule has 0 aliphatic heterocycles. The average Bonchev–Trinajstić information content (AvgIpc) is 2.85. The van der Waals surface area contributed by atoms with Crippen LogP contribution < -0.4 is 5.73 Å². The van der Waals surface area contributed by atoms with E-state index in [1.165, 1.54) is 0 Å². The van der Waals surface area contributed by atoms with Gasteiger partial charge in [0.15, 0.2) is 0 Å². The molecule has 0 radical (unpaired) electrons. The van der Waals surface area contributed by atoms with Crippen LogP contribution in [-0.2, 0) is 0 Å². The van der Waals surface area contributed by atoms with Crippen molar-refractivity contribution in [1.29, 1.82) is 5.26 Å². The van der Waals surface area contributed by atoms with Gasteiger partial charge < -0.3 is 5.73 Å². The summed E-state index contributed by atoms with van der Waals surface area (Å²) in [7, 11) is 0. The zero-order valence-corrected chi connectivity index (χ0v) is 11.5. The topological polar surface area (TPSA) is 62.7 Å². The number of benzene rings is 2. The normalized spacial score (nSPS) is 10.5. The molecule has 1 heterocycles. The fourth-order valence-corrected chi connectivity index (χ4v) is 3.23. The molecule has 0 amide bonds. The third-order valence-corrected chi connectivity index (χ3v) is 4.46. The van der Waals surface area contributed by atoms with Gasteiger partial charge in [-0.05, 0) is 42.1 Å². The van der Waals surface area contributed by atoms with Gasteiger partial charge >= 0.3 is 0 Å². The van der Waals surface area contributed by atoms with E-state index in [2.05, 4.69) is 11.1 Å². The van der Waals surface area contributed by atoms with E-state index < -0.39 is 0 Å². The number of fused-ring (bicyclic) bond motifs is 1. The maximum Gasteiger partial charge on any atom is 0.138 e. The Morgan fingerprint density at radius 3 is 2.84 bits per heavy atom. The standard InChI is InChI=1S/C14H9N3S2/c15-8-18-13-7-9(5-6-10(13)16)14-17-11-3-1-2-4-12(11)19-14/h1-7H,16H2. The lowest BCUT2D eigenvalue weighted by Gasteiger charge is -2.02. The molecule has 3 nitrogen and oxygen atoms in total. The number of aromatic nitrogens is 1. The Morgan fingerprint density at radius 1 is 1.21 bits per heavy atom. The third kappa shape index (κ3) is 2.28. The third-order valence-electron chi connectivity index (χ3n) is 2.71. The molecule has 92 valence electrons. The molecule has 3 rings (SSSR count). The number of nitrogens with two attached hydrogens (primary N) is 1. The summed E-state index contributed by atoms with van der Waals surface area (Å²) in [6.07, 6.45) is 0. The number of para-hydroxylation sites is 1. The summed E-state index contributed by atoms with van der Waals surface area (Å²) < 4.78 is 1.16. The number of nitrogen functional groups attached to an aromatic ring is 1. The molecule has 0 aliphatic carbocycles. The summed E-state index contributed by atoms with van der Waals surface area (Å²) in [5.41, 5.74) is 8.45. The largest absolute Gasteiger partial charge is 0.398 e. The highest BCUT2D eigenvalue weighted by Gasteiger charge is 2.08. The molecule has 0 saturated heterocycles. The first-order valence-corrected chi connectivity index (χ1v) is 7.22. The molecule has 0 aliphatic rings. The van der Waals surface area contributed by atoms with Crippen molar-refractivity contribution in [3.8, 4) is 16.0 Å². The maximum absolute atomic E-state index is 8.76. The SMILES string of the molecule is N#CSc1cc(-c2nc3ccccc3s2)ccc1N. The van der Waals surface area contributed by atoms with Crippen molar-refractivity contribution in [2.75, 3.05) is 5.73 Å². The second-order valence-corrected chi connectivity index (χ2v) is 5.79. The number of hydrogen-bond donors (Lipinski definition) is 1. The molecular formula is C14H9N3S2. The second-order valence-electron chi connectivity index (χ2n) is 3.93. The summed E-state index contributed by atoms with van der Waals surface area (Å²) in [5.74, 6) is 0. The predicted octanol–water partition coefficient (Wildman–Crippen LogP) is 4.12. The van der Waals surface area contributed by atoms with Crippen LogP contribution in [0.1, 0.15) is 0 Å². The fraction of sp³-hybridized carbons (Fsp3) is 0. The van der Waals surface area contributed by atoms with Gasteiger partial charge in [-0.3, -0.25) is 0 Å². The van der Waals surface area contributed by atoms with Gasteiger partial charge in [-0.15, -0.1) is 11.3 Å². The summed E-state index contributed by atoms with van der Waals surface area (Å²) in [6, 6.07) is 13.7. The summed E-state index contributed by atoms with van der Waals surface area (Å²) in [6.45, 7) is 0. The molecular weight excluding hydrogens is 274 g/mol. The summed E-state index contributed by atoms with van der Waals surface area (Å²) in [5, 5.41) is 11.8. The van der Waals surface area contributed by atoms with Gasteiger partial charge in [-0.25, -0.2) is 4.98 Å². The van der Waals surface area contributed by atoms with Crippen LogP contribution in [-0.4, -0.2) is 4.98 Å². The van der Waals surface area contributed by atoms with Crippen LogP contribution in [0.15, 0.2) is 47.4 Å². The molecule has 2 N–H and O–H groups in total. The van der Waals surface area contributed by atoms with E-state index in [1.807, 2.05) is 41.8 Å². The molecule has 1 aromatic heterocycles. The van der Waals surface area contributed by atoms with Gasteiger partial charge in [0.25, 0.3) is 0 Å². The first kappa shape index (κ1) is 12.0. The second kappa shape index (κ2) is 4.92. The van der Waals surface area contributed by atoms with Crippen LogP contribution in [0.2, 0.25) is 0 Å². The van der Waals surface area contributed by atoms with Crippen molar-refractivity contribution < 1.29 is 0 Å². The van der Waals surface area contributed by atoms with Crippen molar-refractivity contribution in [1.82, 2.24) is 4.98 Å². The number of rotatable bonds is 2. The minimum absolute atomic E-state index is 0.622. The molecule has 0 unspecified atom stereocenters. The van der Waals surface area contributed by atoms with Gasteiger partial charge in [0.05, 0.1) is 10.2 Å². The van der Waals surface area contributed by atoms with E-state index in [9.17, 15) is 0 Å². The molecule has 0 spiro atoms. The van der Waals surface area contributed by atoms with Gasteiger partial charge in [0.2, 0.25) is 0 Å². The van der Waals surface area contributed by atoms with Crippen LogP contribution in [0.4, 0.5) is 5.69 Å². The van der Waals surface area contributed by atoms with E-state index >= 15 is 0 Å². The number of thiazole rings is 1. The van der Waals surface area contributed by atoms with Crippen molar-refractivity contribution in [2.24, 2.45) is 0 Å². The average molecular weight is 283 g/mol. The Hall–Kier alpha value is -2.03. The monoisotopic (exact) mass is 283 g/mol. The molecule has 5 heteroatoms. The van der Waals surface area contributed by atoms with Gasteiger partial charge in [-0.2, -0.15) is 5.26 Å². The molecule has 0 bridgehead atoms. The van der Waals surface area contributed by atoms with Gasteiger partial charge in [0, 0.05) is 16.1 Å². The molecule has 0 saturated carbocycles. The zero-order valence-electron chi connectivity index (χ0n) is 9.83. The van der Waals surface area contributed by atoms with Crippen molar-refractivity contribution in [3.05, 3.63) is 42.5 Å². The lowest BCUT2D eigenvalue weighted by Crippen LogP contribution is -1.88. The highest BCUT2D eigenvalue weighted by molar-refractivity contribution is 8.03. The Bertz CT molecular complexity index is 754. The lowest BCUT2D eigenvalue weighted by molar-refractivity contribution is 1.42. The highest BCUT2D eigenvalue weighted by Crippen LogP contribution is 2.34. The zero-order chi connectivity index (χ0) is 13.2. The Kier molecular flexibility index (Phi) is 3.11. The number of thiocyanates is 1.